The van der Waals surface area contributed by atoms with Gasteiger partial charge in [0, 0.05) is 6.54 Å². The lowest BCUT2D eigenvalue weighted by Gasteiger charge is -2.08. The van der Waals surface area contributed by atoms with E-state index in [0.29, 0.717) is 13.0 Å². The number of hydrogen-bond acceptors (Lipinski definition) is 3. The maximum atomic E-state index is 12.8. The average Bonchev–Trinajstić information content (AvgIpc) is 2.56. The SMILES string of the molecule is O=C(CNS(=O)(=O)c1ccccc1)NCCc1ccc(F)cc1. The van der Waals surface area contributed by atoms with Gasteiger partial charge in [-0.25, -0.2) is 17.5 Å². The molecule has 5 nitrogen and oxygen atoms in total. The van der Waals surface area contributed by atoms with Crippen LogP contribution in [0.25, 0.3) is 0 Å². The van der Waals surface area contributed by atoms with Crippen LogP contribution in [0.15, 0.2) is 59.5 Å². The van der Waals surface area contributed by atoms with Crippen LogP contribution in [-0.2, 0) is 21.2 Å². The summed E-state index contributed by atoms with van der Waals surface area (Å²) in [5.41, 5.74) is 0.886. The van der Waals surface area contributed by atoms with E-state index >= 15 is 0 Å². The molecule has 0 atom stereocenters. The van der Waals surface area contributed by atoms with Crippen molar-refractivity contribution in [2.45, 2.75) is 11.3 Å². The Kier molecular flexibility index (Phi) is 5.84. The molecule has 2 aromatic rings. The molecular weight excluding hydrogens is 319 g/mol. The van der Waals surface area contributed by atoms with E-state index < -0.39 is 15.9 Å². The van der Waals surface area contributed by atoms with E-state index in [1.165, 1.54) is 24.3 Å². The molecule has 0 aromatic heterocycles. The molecule has 0 saturated carbocycles. The summed E-state index contributed by atoms with van der Waals surface area (Å²) in [6.45, 7) is 0.0121. The maximum absolute atomic E-state index is 12.8. The van der Waals surface area contributed by atoms with Gasteiger partial charge in [0.2, 0.25) is 15.9 Å². The van der Waals surface area contributed by atoms with Gasteiger partial charge in [0.15, 0.2) is 0 Å². The van der Waals surface area contributed by atoms with E-state index in [0.717, 1.165) is 5.56 Å². The predicted octanol–water partition coefficient (Wildman–Crippen LogP) is 1.46. The van der Waals surface area contributed by atoms with Crippen molar-refractivity contribution in [3.63, 3.8) is 0 Å². The minimum Gasteiger partial charge on any atom is -0.355 e. The number of rotatable bonds is 7. The van der Waals surface area contributed by atoms with E-state index in [-0.39, 0.29) is 17.3 Å². The third-order valence-electron chi connectivity index (χ3n) is 3.13. The fourth-order valence-electron chi connectivity index (χ4n) is 1.90. The van der Waals surface area contributed by atoms with E-state index in [2.05, 4.69) is 10.0 Å². The normalized spacial score (nSPS) is 11.2. The minimum absolute atomic E-state index is 0.110. The molecule has 0 bridgehead atoms. The molecule has 0 aliphatic rings. The van der Waals surface area contributed by atoms with Crippen molar-refractivity contribution >= 4 is 15.9 Å². The zero-order valence-electron chi connectivity index (χ0n) is 12.3. The van der Waals surface area contributed by atoms with Gasteiger partial charge in [0.25, 0.3) is 0 Å². The van der Waals surface area contributed by atoms with Gasteiger partial charge < -0.3 is 5.32 Å². The highest BCUT2D eigenvalue weighted by Crippen LogP contribution is 2.06. The van der Waals surface area contributed by atoms with Gasteiger partial charge in [-0.1, -0.05) is 30.3 Å². The number of amides is 1. The molecule has 7 heteroatoms. The minimum atomic E-state index is -3.69. The van der Waals surface area contributed by atoms with Crippen molar-refractivity contribution in [3.05, 3.63) is 66.0 Å². The Labute approximate surface area is 134 Å². The molecule has 1 amide bonds. The fourth-order valence-corrected chi connectivity index (χ4v) is 2.91. The van der Waals surface area contributed by atoms with Crippen LogP contribution in [0.4, 0.5) is 4.39 Å². The monoisotopic (exact) mass is 336 g/mol. The molecular formula is C16H17FN2O3S. The second-order valence-corrected chi connectivity index (χ2v) is 6.63. The molecule has 2 rings (SSSR count). The molecule has 0 aliphatic heterocycles. The van der Waals surface area contributed by atoms with Gasteiger partial charge in [-0.15, -0.1) is 0 Å². The van der Waals surface area contributed by atoms with Crippen LogP contribution >= 0.6 is 0 Å². The highest BCUT2D eigenvalue weighted by molar-refractivity contribution is 7.89. The first-order valence-corrected chi connectivity index (χ1v) is 8.51. The standard InChI is InChI=1S/C16H17FN2O3S/c17-14-8-6-13(7-9-14)10-11-18-16(20)12-19-23(21,22)15-4-2-1-3-5-15/h1-9,19H,10-12H2,(H,18,20). The number of benzene rings is 2. The molecule has 2 N–H and O–H groups in total. The van der Waals surface area contributed by atoms with Crippen molar-refractivity contribution in [2.75, 3.05) is 13.1 Å². The first-order valence-electron chi connectivity index (χ1n) is 7.03. The molecule has 0 saturated heterocycles. The van der Waals surface area contributed by atoms with Crippen LogP contribution in [0.3, 0.4) is 0 Å². The van der Waals surface area contributed by atoms with Crippen molar-refractivity contribution in [1.82, 2.24) is 10.0 Å². The Bertz CT molecular complexity index is 747. The Morgan fingerprint density at radius 2 is 1.65 bits per heavy atom. The summed E-state index contributed by atoms with van der Waals surface area (Å²) in [6.07, 6.45) is 0.539. The molecule has 2 aromatic carbocycles. The summed E-state index contributed by atoms with van der Waals surface area (Å²) < 4.78 is 38.9. The zero-order valence-corrected chi connectivity index (χ0v) is 13.1. The van der Waals surface area contributed by atoms with Crippen LogP contribution in [0.1, 0.15) is 5.56 Å². The second-order valence-electron chi connectivity index (χ2n) is 4.86. The van der Waals surface area contributed by atoms with Crippen molar-refractivity contribution in [1.29, 1.82) is 0 Å². The molecule has 0 heterocycles. The average molecular weight is 336 g/mol. The largest absolute Gasteiger partial charge is 0.355 e. The van der Waals surface area contributed by atoms with E-state index in [9.17, 15) is 17.6 Å². The fraction of sp³-hybridized carbons (Fsp3) is 0.188. The van der Waals surface area contributed by atoms with Crippen LogP contribution in [0, 0.1) is 5.82 Å². The predicted molar refractivity (Wildman–Crippen MR) is 84.7 cm³/mol. The van der Waals surface area contributed by atoms with Crippen LogP contribution in [0.2, 0.25) is 0 Å². The quantitative estimate of drug-likeness (QED) is 0.804. The molecule has 0 spiro atoms. The maximum Gasteiger partial charge on any atom is 0.241 e. The molecule has 0 radical (unpaired) electrons. The lowest BCUT2D eigenvalue weighted by Crippen LogP contribution is -2.37. The van der Waals surface area contributed by atoms with Crippen LogP contribution in [0.5, 0.6) is 0 Å². The summed E-state index contributed by atoms with van der Waals surface area (Å²) in [5, 5.41) is 2.61. The van der Waals surface area contributed by atoms with Gasteiger partial charge in [0.1, 0.15) is 5.82 Å². The highest BCUT2D eigenvalue weighted by atomic mass is 32.2. The van der Waals surface area contributed by atoms with E-state index in [1.54, 1.807) is 30.3 Å². The Morgan fingerprint density at radius 1 is 1.00 bits per heavy atom. The molecule has 23 heavy (non-hydrogen) atoms. The first kappa shape index (κ1) is 17.1. The molecule has 0 aliphatic carbocycles. The number of carbonyl (C=O) groups is 1. The second kappa shape index (κ2) is 7.85. The number of hydrogen-bond donors (Lipinski definition) is 2. The smallest absolute Gasteiger partial charge is 0.241 e. The summed E-state index contributed by atoms with van der Waals surface area (Å²) >= 11 is 0. The lowest BCUT2D eigenvalue weighted by molar-refractivity contribution is -0.119. The number of nitrogens with one attached hydrogen (secondary N) is 2. The zero-order chi connectivity index (χ0) is 16.7. The summed E-state index contributed by atoms with van der Waals surface area (Å²) in [5.74, 6) is -0.736. The van der Waals surface area contributed by atoms with E-state index in [1.807, 2.05) is 0 Å². The molecule has 122 valence electrons. The Morgan fingerprint density at radius 3 is 2.30 bits per heavy atom. The van der Waals surface area contributed by atoms with Crippen molar-refractivity contribution in [3.8, 4) is 0 Å². The van der Waals surface area contributed by atoms with Crippen molar-refractivity contribution in [2.24, 2.45) is 0 Å². The number of carbonyl (C=O) groups excluding carboxylic acids is 1. The third kappa shape index (κ3) is 5.46. The van der Waals surface area contributed by atoms with Gasteiger partial charge in [-0.2, -0.15) is 0 Å². The van der Waals surface area contributed by atoms with Gasteiger partial charge in [-0.3, -0.25) is 4.79 Å². The van der Waals surface area contributed by atoms with Gasteiger partial charge >= 0.3 is 0 Å². The summed E-state index contributed by atoms with van der Waals surface area (Å²) in [6, 6.07) is 13.8. The van der Waals surface area contributed by atoms with Crippen molar-refractivity contribution < 1.29 is 17.6 Å². The Balaban J connectivity index is 1.76. The third-order valence-corrected chi connectivity index (χ3v) is 4.54. The number of sulfonamides is 1. The van der Waals surface area contributed by atoms with Gasteiger partial charge in [-0.05, 0) is 36.2 Å². The summed E-state index contributed by atoms with van der Waals surface area (Å²) in [7, 11) is -3.69. The molecule has 0 unspecified atom stereocenters. The van der Waals surface area contributed by atoms with Gasteiger partial charge in [0.05, 0.1) is 11.4 Å². The lowest BCUT2D eigenvalue weighted by atomic mass is 10.1. The summed E-state index contributed by atoms with van der Waals surface area (Å²) in [4.78, 5) is 11.8. The van der Waals surface area contributed by atoms with E-state index in [4.69, 9.17) is 0 Å². The molecule has 0 fully saturated rings. The topological polar surface area (TPSA) is 75.3 Å². The van der Waals surface area contributed by atoms with Crippen LogP contribution < -0.4 is 10.0 Å². The number of halogens is 1. The Hall–Kier alpha value is -2.25. The van der Waals surface area contributed by atoms with Crippen LogP contribution in [-0.4, -0.2) is 27.4 Å². The highest BCUT2D eigenvalue weighted by Gasteiger charge is 2.14. The first-order chi connectivity index (χ1) is 11.0.